The van der Waals surface area contributed by atoms with Crippen molar-refractivity contribution < 1.29 is 4.79 Å². The molecule has 4 aromatic rings. The zero-order chi connectivity index (χ0) is 21.9. The second-order valence-corrected chi connectivity index (χ2v) is 8.29. The Morgan fingerprint density at radius 1 is 0.969 bits per heavy atom. The quantitative estimate of drug-likeness (QED) is 0.441. The van der Waals surface area contributed by atoms with Gasteiger partial charge in [-0.3, -0.25) is 4.79 Å². The van der Waals surface area contributed by atoms with Crippen LogP contribution in [0.5, 0.6) is 0 Å². The van der Waals surface area contributed by atoms with E-state index in [1.54, 1.807) is 12.1 Å². The van der Waals surface area contributed by atoms with Gasteiger partial charge in [-0.15, -0.1) is 5.10 Å². The minimum atomic E-state index is -0.141. The van der Waals surface area contributed by atoms with Crippen molar-refractivity contribution >= 4 is 23.1 Å². The maximum atomic E-state index is 12.5. The first-order valence-corrected chi connectivity index (χ1v) is 11.0. The van der Waals surface area contributed by atoms with Gasteiger partial charge in [-0.25, -0.2) is 9.50 Å². The monoisotopic (exact) mass is 426 g/mol. The summed E-state index contributed by atoms with van der Waals surface area (Å²) in [5, 5.41) is 11.3. The Morgan fingerprint density at radius 2 is 1.78 bits per heavy atom. The molecule has 0 bridgehead atoms. The van der Waals surface area contributed by atoms with Gasteiger partial charge in [0.15, 0.2) is 5.65 Å². The molecule has 0 atom stereocenters. The van der Waals surface area contributed by atoms with E-state index in [2.05, 4.69) is 15.6 Å². The largest absolute Gasteiger partial charge is 0.366 e. The SMILES string of the molecule is NC1CCC(Nc2ccc3ncc(-c4cccc(NC(=O)c5ccccc5)c4)n3n2)CC1. The second-order valence-electron chi connectivity index (χ2n) is 8.29. The lowest BCUT2D eigenvalue weighted by atomic mass is 9.92. The summed E-state index contributed by atoms with van der Waals surface area (Å²) in [6.45, 7) is 0. The van der Waals surface area contributed by atoms with E-state index < -0.39 is 0 Å². The lowest BCUT2D eigenvalue weighted by molar-refractivity contribution is 0.102. The number of hydrogen-bond acceptors (Lipinski definition) is 5. The number of carbonyl (C=O) groups excluding carboxylic acids is 1. The van der Waals surface area contributed by atoms with E-state index in [1.165, 1.54) is 0 Å². The smallest absolute Gasteiger partial charge is 0.255 e. The van der Waals surface area contributed by atoms with Crippen LogP contribution in [-0.4, -0.2) is 32.6 Å². The molecule has 1 aliphatic carbocycles. The summed E-state index contributed by atoms with van der Waals surface area (Å²) in [4.78, 5) is 17.0. The number of rotatable bonds is 5. The van der Waals surface area contributed by atoms with Gasteiger partial charge in [-0.05, 0) is 62.1 Å². The Kier molecular flexibility index (Phi) is 5.56. The summed E-state index contributed by atoms with van der Waals surface area (Å²) in [5.74, 6) is 0.684. The number of anilines is 2. The van der Waals surface area contributed by atoms with Gasteiger partial charge in [-0.2, -0.15) is 0 Å². The van der Waals surface area contributed by atoms with Crippen molar-refractivity contribution in [1.29, 1.82) is 0 Å². The summed E-state index contributed by atoms with van der Waals surface area (Å²) in [6, 6.07) is 21.6. The lowest BCUT2D eigenvalue weighted by Gasteiger charge is -2.27. The molecule has 0 saturated heterocycles. The van der Waals surface area contributed by atoms with Gasteiger partial charge < -0.3 is 16.4 Å². The summed E-state index contributed by atoms with van der Waals surface area (Å²) in [7, 11) is 0. The van der Waals surface area contributed by atoms with E-state index in [-0.39, 0.29) is 5.91 Å². The van der Waals surface area contributed by atoms with Crippen LogP contribution in [0.1, 0.15) is 36.0 Å². The Morgan fingerprint density at radius 3 is 2.59 bits per heavy atom. The fourth-order valence-corrected chi connectivity index (χ4v) is 4.17. The number of imidazole rings is 1. The zero-order valence-electron chi connectivity index (χ0n) is 17.7. The number of amides is 1. The molecule has 0 unspecified atom stereocenters. The molecule has 0 aliphatic heterocycles. The molecule has 2 aromatic heterocycles. The van der Waals surface area contributed by atoms with Gasteiger partial charge in [0.25, 0.3) is 5.91 Å². The average Bonchev–Trinajstić information content (AvgIpc) is 3.25. The van der Waals surface area contributed by atoms with Crippen LogP contribution in [0.4, 0.5) is 11.5 Å². The minimum Gasteiger partial charge on any atom is -0.366 e. The molecule has 1 amide bonds. The van der Waals surface area contributed by atoms with Crippen LogP contribution in [0.2, 0.25) is 0 Å². The van der Waals surface area contributed by atoms with Crippen LogP contribution in [-0.2, 0) is 0 Å². The fraction of sp³-hybridized carbons (Fsp3) is 0.240. The van der Waals surface area contributed by atoms with E-state index >= 15 is 0 Å². The number of nitrogens with zero attached hydrogens (tertiary/aromatic N) is 3. The molecule has 1 aliphatic rings. The highest BCUT2D eigenvalue weighted by Crippen LogP contribution is 2.25. The summed E-state index contributed by atoms with van der Waals surface area (Å²) in [6.07, 6.45) is 6.00. The predicted molar refractivity (Wildman–Crippen MR) is 127 cm³/mol. The average molecular weight is 427 g/mol. The summed E-state index contributed by atoms with van der Waals surface area (Å²) in [5.41, 5.74) is 9.94. The topological polar surface area (TPSA) is 97.3 Å². The number of nitrogens with one attached hydrogen (secondary N) is 2. The second kappa shape index (κ2) is 8.80. The van der Waals surface area contributed by atoms with Crippen LogP contribution in [0.3, 0.4) is 0 Å². The number of carbonyl (C=O) groups is 1. The van der Waals surface area contributed by atoms with Crippen molar-refractivity contribution in [3.63, 3.8) is 0 Å². The molecule has 0 radical (unpaired) electrons. The molecular formula is C25H26N6O. The van der Waals surface area contributed by atoms with Gasteiger partial charge in [0.1, 0.15) is 5.82 Å². The minimum absolute atomic E-state index is 0.141. The zero-order valence-corrected chi connectivity index (χ0v) is 17.7. The maximum absolute atomic E-state index is 12.5. The molecule has 2 aromatic carbocycles. The first-order valence-electron chi connectivity index (χ1n) is 11.0. The van der Waals surface area contributed by atoms with E-state index in [9.17, 15) is 4.79 Å². The molecular weight excluding hydrogens is 400 g/mol. The van der Waals surface area contributed by atoms with E-state index in [4.69, 9.17) is 10.8 Å². The molecule has 7 heteroatoms. The van der Waals surface area contributed by atoms with Gasteiger partial charge >= 0.3 is 0 Å². The van der Waals surface area contributed by atoms with Crippen molar-refractivity contribution in [2.24, 2.45) is 5.73 Å². The van der Waals surface area contributed by atoms with Crippen molar-refractivity contribution in [2.75, 3.05) is 10.6 Å². The van der Waals surface area contributed by atoms with E-state index in [1.807, 2.05) is 65.3 Å². The van der Waals surface area contributed by atoms with Crippen molar-refractivity contribution in [1.82, 2.24) is 14.6 Å². The van der Waals surface area contributed by atoms with Crippen LogP contribution in [0, 0.1) is 0 Å². The summed E-state index contributed by atoms with van der Waals surface area (Å²) >= 11 is 0. The first kappa shape index (κ1) is 20.2. The highest BCUT2D eigenvalue weighted by molar-refractivity contribution is 6.04. The normalized spacial score (nSPS) is 18.4. The lowest BCUT2D eigenvalue weighted by Crippen LogP contribution is -2.33. The van der Waals surface area contributed by atoms with Crippen molar-refractivity contribution in [3.05, 3.63) is 78.5 Å². The van der Waals surface area contributed by atoms with E-state index in [0.717, 1.165) is 54.1 Å². The number of nitrogens with two attached hydrogens (primary N) is 1. The van der Waals surface area contributed by atoms with Crippen LogP contribution in [0.25, 0.3) is 16.9 Å². The van der Waals surface area contributed by atoms with Gasteiger partial charge in [-0.1, -0.05) is 30.3 Å². The third-order valence-corrected chi connectivity index (χ3v) is 5.94. The molecule has 0 spiro atoms. The van der Waals surface area contributed by atoms with E-state index in [0.29, 0.717) is 17.6 Å². The first-order chi connectivity index (χ1) is 15.7. The third-order valence-electron chi connectivity index (χ3n) is 5.94. The number of benzene rings is 2. The van der Waals surface area contributed by atoms with Gasteiger partial charge in [0, 0.05) is 28.9 Å². The van der Waals surface area contributed by atoms with Crippen LogP contribution < -0.4 is 16.4 Å². The fourth-order valence-electron chi connectivity index (χ4n) is 4.17. The van der Waals surface area contributed by atoms with Crippen LogP contribution in [0.15, 0.2) is 72.9 Å². The Labute approximate surface area is 186 Å². The Bertz CT molecular complexity index is 1230. The van der Waals surface area contributed by atoms with Crippen LogP contribution >= 0.6 is 0 Å². The molecule has 1 saturated carbocycles. The molecule has 7 nitrogen and oxygen atoms in total. The standard InChI is InChI=1S/C25H26N6O/c26-19-9-11-20(12-10-19)28-23-13-14-24-27-16-22(31(24)30-23)18-7-4-8-21(15-18)29-25(32)17-5-2-1-3-6-17/h1-8,13-16,19-20H,9-12,26H2,(H,28,30)(H,29,32). The van der Waals surface area contributed by atoms with Gasteiger partial charge in [0.05, 0.1) is 11.9 Å². The Hall–Kier alpha value is -3.71. The number of hydrogen-bond donors (Lipinski definition) is 3. The number of aromatic nitrogens is 3. The number of fused-ring (bicyclic) bond motifs is 1. The highest BCUT2D eigenvalue weighted by atomic mass is 16.1. The highest BCUT2D eigenvalue weighted by Gasteiger charge is 2.19. The molecule has 4 N–H and O–H groups in total. The predicted octanol–water partition coefficient (Wildman–Crippen LogP) is 4.33. The molecule has 2 heterocycles. The molecule has 162 valence electrons. The maximum Gasteiger partial charge on any atom is 0.255 e. The molecule has 5 rings (SSSR count). The Balaban J connectivity index is 1.38. The molecule has 1 fully saturated rings. The van der Waals surface area contributed by atoms with Crippen molar-refractivity contribution in [3.8, 4) is 11.3 Å². The molecule has 32 heavy (non-hydrogen) atoms. The van der Waals surface area contributed by atoms with Gasteiger partial charge in [0.2, 0.25) is 0 Å². The van der Waals surface area contributed by atoms with Crippen molar-refractivity contribution in [2.45, 2.75) is 37.8 Å². The summed E-state index contributed by atoms with van der Waals surface area (Å²) < 4.78 is 1.84. The third kappa shape index (κ3) is 4.33.